The number of nitrogens with zero attached hydrogens (tertiary/aromatic N) is 2. The third kappa shape index (κ3) is 4.60. The lowest BCUT2D eigenvalue weighted by atomic mass is 9.98. The van der Waals surface area contributed by atoms with Crippen LogP contribution in [0.25, 0.3) is 0 Å². The van der Waals surface area contributed by atoms with E-state index in [4.69, 9.17) is 4.74 Å². The molecule has 0 bridgehead atoms. The Kier molecular flexibility index (Phi) is 5.32. The second kappa shape index (κ2) is 6.86. The predicted octanol–water partition coefficient (Wildman–Crippen LogP) is 4.04. The number of piperidine rings is 1. The Balaban J connectivity index is 2.01. The van der Waals surface area contributed by atoms with Gasteiger partial charge >= 0.3 is 6.09 Å². The van der Waals surface area contributed by atoms with Crippen LogP contribution in [0.2, 0.25) is 0 Å². The summed E-state index contributed by atoms with van der Waals surface area (Å²) in [5, 5.41) is 3.42. The minimum Gasteiger partial charge on any atom is -0.444 e. The van der Waals surface area contributed by atoms with Crippen LogP contribution in [0.4, 0.5) is 10.6 Å². The van der Waals surface area contributed by atoms with Crippen molar-refractivity contribution in [3.8, 4) is 0 Å². The van der Waals surface area contributed by atoms with Gasteiger partial charge in [-0.25, -0.2) is 9.78 Å². The van der Waals surface area contributed by atoms with E-state index in [2.05, 4.69) is 33.2 Å². The number of hydrogen-bond donors (Lipinski definition) is 1. The lowest BCUT2D eigenvalue weighted by molar-refractivity contribution is 0.0104. The fraction of sp³-hybridized carbons (Fsp3) is 0.625. The molecule has 1 aromatic heterocycles. The summed E-state index contributed by atoms with van der Waals surface area (Å²) in [6.07, 6.45) is 3.49. The molecule has 1 amide bonds. The second-order valence-electron chi connectivity index (χ2n) is 6.67. The molecule has 6 heteroatoms. The zero-order valence-corrected chi connectivity index (χ0v) is 15.2. The van der Waals surface area contributed by atoms with Crippen molar-refractivity contribution in [2.24, 2.45) is 0 Å². The molecule has 0 radical (unpaired) electrons. The molecule has 2 heterocycles. The molecule has 1 N–H and O–H groups in total. The van der Waals surface area contributed by atoms with Crippen LogP contribution in [0.15, 0.2) is 22.8 Å². The van der Waals surface area contributed by atoms with E-state index in [0.717, 1.165) is 29.7 Å². The number of pyridine rings is 1. The van der Waals surface area contributed by atoms with Crippen LogP contribution in [0.5, 0.6) is 0 Å². The Hall–Kier alpha value is -1.30. The average molecular weight is 370 g/mol. The average Bonchev–Trinajstić information content (AvgIpc) is 2.41. The van der Waals surface area contributed by atoms with Gasteiger partial charge in [0.1, 0.15) is 11.4 Å². The van der Waals surface area contributed by atoms with Crippen LogP contribution in [0.3, 0.4) is 0 Å². The van der Waals surface area contributed by atoms with Gasteiger partial charge in [-0.3, -0.25) is 0 Å². The number of anilines is 1. The van der Waals surface area contributed by atoms with Crippen molar-refractivity contribution in [3.05, 3.63) is 22.8 Å². The van der Waals surface area contributed by atoms with Crippen LogP contribution >= 0.6 is 15.9 Å². The van der Waals surface area contributed by atoms with Crippen molar-refractivity contribution < 1.29 is 9.53 Å². The summed E-state index contributed by atoms with van der Waals surface area (Å²) >= 11 is 3.38. The zero-order valence-electron chi connectivity index (χ0n) is 13.6. The summed E-state index contributed by atoms with van der Waals surface area (Å²) < 4.78 is 6.45. The highest BCUT2D eigenvalue weighted by atomic mass is 79.9. The maximum atomic E-state index is 12.3. The van der Waals surface area contributed by atoms with Gasteiger partial charge in [-0.15, -0.1) is 0 Å². The summed E-state index contributed by atoms with van der Waals surface area (Å²) in [6.45, 7) is 8.46. The molecular formula is C16H24BrN3O2. The maximum absolute atomic E-state index is 12.3. The topological polar surface area (TPSA) is 54.5 Å². The summed E-state index contributed by atoms with van der Waals surface area (Å²) in [4.78, 5) is 18.5. The summed E-state index contributed by atoms with van der Waals surface area (Å²) in [5.74, 6) is 0.825. The first kappa shape index (κ1) is 17.1. The van der Waals surface area contributed by atoms with Crippen LogP contribution in [-0.4, -0.2) is 40.2 Å². The van der Waals surface area contributed by atoms with Gasteiger partial charge in [-0.2, -0.15) is 0 Å². The standard InChI is InChI=1S/C16H24BrN3O2/c1-11-13(19-14-8-7-12(17)10-18-14)6-5-9-20(11)15(21)22-16(2,3)4/h7-8,10-11,13H,5-6,9H2,1-4H3,(H,18,19)/t11-,13+/m1/s1. The molecule has 2 rings (SSSR count). The number of nitrogens with one attached hydrogen (secondary N) is 1. The second-order valence-corrected chi connectivity index (χ2v) is 7.58. The molecule has 1 aliphatic heterocycles. The number of aromatic nitrogens is 1. The van der Waals surface area contributed by atoms with E-state index in [0.29, 0.717) is 0 Å². The molecule has 0 spiro atoms. The molecule has 22 heavy (non-hydrogen) atoms. The number of rotatable bonds is 2. The largest absolute Gasteiger partial charge is 0.444 e. The van der Waals surface area contributed by atoms with Crippen LogP contribution in [0.1, 0.15) is 40.5 Å². The van der Waals surface area contributed by atoms with Crippen molar-refractivity contribution in [2.75, 3.05) is 11.9 Å². The normalized spacial score (nSPS) is 22.3. The molecule has 1 saturated heterocycles. The van der Waals surface area contributed by atoms with Crippen molar-refractivity contribution in [1.82, 2.24) is 9.88 Å². The Morgan fingerprint density at radius 3 is 2.77 bits per heavy atom. The highest BCUT2D eigenvalue weighted by Gasteiger charge is 2.33. The Morgan fingerprint density at radius 1 is 1.45 bits per heavy atom. The van der Waals surface area contributed by atoms with Gasteiger partial charge in [-0.1, -0.05) is 0 Å². The predicted molar refractivity (Wildman–Crippen MR) is 91.0 cm³/mol. The molecule has 0 aromatic carbocycles. The van der Waals surface area contributed by atoms with E-state index in [1.165, 1.54) is 0 Å². The van der Waals surface area contributed by atoms with Crippen LogP contribution in [-0.2, 0) is 4.74 Å². The fourth-order valence-corrected chi connectivity index (χ4v) is 2.80. The highest BCUT2D eigenvalue weighted by molar-refractivity contribution is 9.10. The molecule has 5 nitrogen and oxygen atoms in total. The SMILES string of the molecule is C[C@@H]1[C@@H](Nc2ccc(Br)cn2)CCCN1C(=O)OC(C)(C)C. The van der Waals surface area contributed by atoms with Gasteiger partial charge in [0, 0.05) is 23.3 Å². The zero-order chi connectivity index (χ0) is 16.3. The number of likely N-dealkylation sites (tertiary alicyclic amines) is 1. The molecule has 0 saturated carbocycles. The van der Waals surface area contributed by atoms with Gasteiger partial charge in [0.2, 0.25) is 0 Å². The number of carbonyl (C=O) groups excluding carboxylic acids is 1. The summed E-state index contributed by atoms with van der Waals surface area (Å²) in [7, 11) is 0. The van der Waals surface area contributed by atoms with E-state index in [1.807, 2.05) is 37.8 Å². The molecule has 0 unspecified atom stereocenters. The van der Waals surface area contributed by atoms with Crippen molar-refractivity contribution in [3.63, 3.8) is 0 Å². The third-order valence-corrected chi connectivity index (χ3v) is 4.15. The highest BCUT2D eigenvalue weighted by Crippen LogP contribution is 2.23. The van der Waals surface area contributed by atoms with E-state index >= 15 is 0 Å². The van der Waals surface area contributed by atoms with Gasteiger partial charge in [0.15, 0.2) is 0 Å². The van der Waals surface area contributed by atoms with Crippen molar-refractivity contribution >= 4 is 27.8 Å². The Labute approximate surface area is 140 Å². The van der Waals surface area contributed by atoms with Crippen LogP contribution < -0.4 is 5.32 Å². The van der Waals surface area contributed by atoms with Crippen molar-refractivity contribution in [2.45, 2.75) is 58.2 Å². The molecule has 1 aromatic rings. The quantitative estimate of drug-likeness (QED) is 0.854. The van der Waals surface area contributed by atoms with E-state index in [9.17, 15) is 4.79 Å². The molecule has 0 aliphatic carbocycles. The van der Waals surface area contributed by atoms with Gasteiger partial charge in [0.05, 0.1) is 6.04 Å². The first-order valence-electron chi connectivity index (χ1n) is 7.64. The summed E-state index contributed by atoms with van der Waals surface area (Å²) in [5.41, 5.74) is -0.468. The first-order chi connectivity index (χ1) is 10.3. The maximum Gasteiger partial charge on any atom is 0.410 e. The summed E-state index contributed by atoms with van der Waals surface area (Å²) in [6, 6.07) is 4.13. The number of halogens is 1. The third-order valence-electron chi connectivity index (χ3n) is 3.68. The molecular weight excluding hydrogens is 346 g/mol. The number of hydrogen-bond acceptors (Lipinski definition) is 4. The number of carbonyl (C=O) groups is 1. The fourth-order valence-electron chi connectivity index (χ4n) is 2.57. The van der Waals surface area contributed by atoms with Gasteiger partial charge in [0.25, 0.3) is 0 Å². The molecule has 1 aliphatic rings. The van der Waals surface area contributed by atoms with Crippen LogP contribution in [0, 0.1) is 0 Å². The van der Waals surface area contributed by atoms with E-state index in [1.54, 1.807) is 6.20 Å². The number of ether oxygens (including phenoxy) is 1. The minimum absolute atomic E-state index is 0.0639. The first-order valence-corrected chi connectivity index (χ1v) is 8.43. The molecule has 2 atom stereocenters. The van der Waals surface area contributed by atoms with E-state index < -0.39 is 5.60 Å². The Bertz CT molecular complexity index is 513. The minimum atomic E-state index is -0.468. The lowest BCUT2D eigenvalue weighted by Gasteiger charge is -2.40. The lowest BCUT2D eigenvalue weighted by Crippen LogP contribution is -2.53. The Morgan fingerprint density at radius 2 is 2.18 bits per heavy atom. The number of amides is 1. The van der Waals surface area contributed by atoms with E-state index in [-0.39, 0.29) is 18.2 Å². The molecule has 1 fully saturated rings. The van der Waals surface area contributed by atoms with Crippen molar-refractivity contribution in [1.29, 1.82) is 0 Å². The van der Waals surface area contributed by atoms with Gasteiger partial charge < -0.3 is 15.0 Å². The van der Waals surface area contributed by atoms with Gasteiger partial charge in [-0.05, 0) is 68.6 Å². The smallest absolute Gasteiger partial charge is 0.410 e. The monoisotopic (exact) mass is 369 g/mol. The molecule has 122 valence electrons.